The summed E-state index contributed by atoms with van der Waals surface area (Å²) in [5, 5.41) is 2.81. The number of ether oxygens (including phenoxy) is 2. The Hall–Kier alpha value is -2.51. The van der Waals surface area contributed by atoms with E-state index in [9.17, 15) is 21.6 Å². The van der Waals surface area contributed by atoms with E-state index in [0.29, 0.717) is 31.8 Å². The highest BCUT2D eigenvalue weighted by atomic mass is 32.2. The molecular formula is C25H33N3O7S2. The van der Waals surface area contributed by atoms with Crippen LogP contribution in [0.25, 0.3) is 0 Å². The second-order valence-electron chi connectivity index (χ2n) is 9.28. The maximum atomic E-state index is 13.1. The van der Waals surface area contributed by atoms with Crippen molar-refractivity contribution in [3.63, 3.8) is 0 Å². The van der Waals surface area contributed by atoms with Gasteiger partial charge in [-0.3, -0.25) is 4.79 Å². The number of methoxy groups -OCH3 is 1. The Morgan fingerprint density at radius 1 is 0.973 bits per heavy atom. The first-order chi connectivity index (χ1) is 17.6. The van der Waals surface area contributed by atoms with Crippen molar-refractivity contribution in [2.75, 3.05) is 51.8 Å². The van der Waals surface area contributed by atoms with Crippen LogP contribution >= 0.6 is 0 Å². The largest absolute Gasteiger partial charge is 0.495 e. The molecule has 0 bridgehead atoms. The number of aryl methyl sites for hydroxylation is 1. The van der Waals surface area contributed by atoms with Crippen molar-refractivity contribution >= 4 is 31.6 Å². The molecule has 0 aromatic heterocycles. The highest BCUT2D eigenvalue weighted by Crippen LogP contribution is 2.31. The first-order valence-electron chi connectivity index (χ1n) is 12.2. The number of amides is 1. The zero-order chi connectivity index (χ0) is 26.6. The number of morpholine rings is 1. The summed E-state index contributed by atoms with van der Waals surface area (Å²) in [5.41, 5.74) is 2.05. The molecule has 2 saturated heterocycles. The molecule has 4 rings (SSSR count). The van der Waals surface area contributed by atoms with Crippen molar-refractivity contribution in [1.82, 2.24) is 8.61 Å². The van der Waals surface area contributed by atoms with Crippen LogP contribution in [0.4, 0.5) is 5.69 Å². The van der Waals surface area contributed by atoms with E-state index < -0.39 is 26.0 Å². The van der Waals surface area contributed by atoms with Gasteiger partial charge in [-0.2, -0.15) is 4.31 Å². The van der Waals surface area contributed by atoms with Gasteiger partial charge in [0.2, 0.25) is 26.0 Å². The summed E-state index contributed by atoms with van der Waals surface area (Å²) in [6.45, 7) is 3.63. The SMILES string of the molecule is COc1ccc(S(=O)(=O)N2CCOCC2)cc1NC(=O)C1CCN(S(=O)(=O)Cc2ccc(C)cc2)CC1. The number of nitrogens with one attached hydrogen (secondary N) is 1. The summed E-state index contributed by atoms with van der Waals surface area (Å²) in [5.74, 6) is -0.441. The van der Waals surface area contributed by atoms with Crippen LogP contribution in [-0.2, 0) is 35.3 Å². The summed E-state index contributed by atoms with van der Waals surface area (Å²) in [6, 6.07) is 11.8. The van der Waals surface area contributed by atoms with E-state index in [4.69, 9.17) is 9.47 Å². The monoisotopic (exact) mass is 551 g/mol. The molecule has 0 radical (unpaired) electrons. The second-order valence-corrected chi connectivity index (χ2v) is 13.2. The summed E-state index contributed by atoms with van der Waals surface area (Å²) in [4.78, 5) is 13.1. The van der Waals surface area contributed by atoms with Crippen molar-refractivity contribution in [2.24, 2.45) is 5.92 Å². The quantitative estimate of drug-likeness (QED) is 0.534. The molecular weight excluding hydrogens is 518 g/mol. The Bertz CT molecular complexity index is 1310. The molecule has 0 spiro atoms. The van der Waals surface area contributed by atoms with Crippen LogP contribution in [0.1, 0.15) is 24.0 Å². The number of benzene rings is 2. The first kappa shape index (κ1) is 27.5. The number of carbonyl (C=O) groups is 1. The first-order valence-corrected chi connectivity index (χ1v) is 15.3. The number of hydrogen-bond donors (Lipinski definition) is 1. The molecule has 0 saturated carbocycles. The predicted octanol–water partition coefficient (Wildman–Crippen LogP) is 2.21. The highest BCUT2D eigenvalue weighted by Gasteiger charge is 2.32. The maximum absolute atomic E-state index is 13.1. The molecule has 12 heteroatoms. The number of carbonyl (C=O) groups excluding carboxylic acids is 1. The number of rotatable bonds is 8. The zero-order valence-electron chi connectivity index (χ0n) is 21.1. The molecule has 2 aliphatic heterocycles. The van der Waals surface area contributed by atoms with E-state index in [1.165, 1.54) is 33.9 Å². The fraction of sp³-hybridized carbons (Fsp3) is 0.480. The Kier molecular flexibility index (Phi) is 8.54. The van der Waals surface area contributed by atoms with E-state index in [0.717, 1.165) is 11.1 Å². The fourth-order valence-corrected chi connectivity index (χ4v) is 7.50. The van der Waals surface area contributed by atoms with Gasteiger partial charge >= 0.3 is 0 Å². The second kappa shape index (κ2) is 11.5. The van der Waals surface area contributed by atoms with Crippen LogP contribution in [0.2, 0.25) is 0 Å². The molecule has 202 valence electrons. The Morgan fingerprint density at radius 2 is 1.62 bits per heavy atom. The highest BCUT2D eigenvalue weighted by molar-refractivity contribution is 7.89. The lowest BCUT2D eigenvalue weighted by atomic mass is 9.97. The van der Waals surface area contributed by atoms with Crippen LogP contribution in [-0.4, -0.2) is 77.9 Å². The minimum atomic E-state index is -3.75. The van der Waals surface area contributed by atoms with Gasteiger partial charge in [-0.15, -0.1) is 0 Å². The van der Waals surface area contributed by atoms with E-state index >= 15 is 0 Å². The summed E-state index contributed by atoms with van der Waals surface area (Å²) < 4.78 is 65.3. The molecule has 0 aliphatic carbocycles. The molecule has 1 amide bonds. The number of piperidine rings is 1. The van der Waals surface area contributed by atoms with Gasteiger partial charge in [-0.25, -0.2) is 21.1 Å². The lowest BCUT2D eigenvalue weighted by Gasteiger charge is -2.30. The molecule has 1 N–H and O–H groups in total. The van der Waals surface area contributed by atoms with Crippen LogP contribution in [0.3, 0.4) is 0 Å². The fourth-order valence-electron chi connectivity index (χ4n) is 4.50. The summed E-state index contributed by atoms with van der Waals surface area (Å²) in [6.07, 6.45) is 0.736. The van der Waals surface area contributed by atoms with Crippen LogP contribution in [0.15, 0.2) is 47.4 Å². The third-order valence-electron chi connectivity index (χ3n) is 6.72. The maximum Gasteiger partial charge on any atom is 0.243 e. The topological polar surface area (TPSA) is 122 Å². The average Bonchev–Trinajstić information content (AvgIpc) is 2.90. The van der Waals surface area contributed by atoms with Gasteiger partial charge in [0, 0.05) is 32.1 Å². The van der Waals surface area contributed by atoms with Gasteiger partial charge in [-0.05, 0) is 43.5 Å². The molecule has 2 heterocycles. The standard InChI is InChI=1S/C25H33N3O7S2/c1-19-3-5-20(6-4-19)18-36(30,31)27-11-9-21(10-12-27)25(29)26-23-17-22(7-8-24(23)34-2)37(32,33)28-13-15-35-16-14-28/h3-8,17,21H,9-16,18H2,1-2H3,(H,26,29). The smallest absolute Gasteiger partial charge is 0.243 e. The van der Waals surface area contributed by atoms with Crippen LogP contribution < -0.4 is 10.1 Å². The lowest BCUT2D eigenvalue weighted by molar-refractivity contribution is -0.120. The van der Waals surface area contributed by atoms with Gasteiger partial charge in [0.25, 0.3) is 0 Å². The Morgan fingerprint density at radius 3 is 2.24 bits per heavy atom. The van der Waals surface area contributed by atoms with Crippen molar-refractivity contribution in [1.29, 1.82) is 0 Å². The third kappa shape index (κ3) is 6.50. The van der Waals surface area contributed by atoms with Gasteiger partial charge in [0.05, 0.1) is 36.7 Å². The molecule has 37 heavy (non-hydrogen) atoms. The average molecular weight is 552 g/mol. The predicted molar refractivity (Wildman–Crippen MR) is 139 cm³/mol. The Balaban J connectivity index is 1.40. The van der Waals surface area contributed by atoms with E-state index in [2.05, 4.69) is 5.32 Å². The summed E-state index contributed by atoms with van der Waals surface area (Å²) in [7, 11) is -5.81. The normalized spacial score (nSPS) is 18.4. The Labute approximate surface area is 218 Å². The van der Waals surface area contributed by atoms with Crippen molar-refractivity contribution < 1.29 is 31.1 Å². The molecule has 0 unspecified atom stereocenters. The van der Waals surface area contributed by atoms with E-state index in [1.807, 2.05) is 31.2 Å². The summed E-state index contributed by atoms with van der Waals surface area (Å²) >= 11 is 0. The number of sulfonamides is 2. The number of anilines is 1. The van der Waals surface area contributed by atoms with E-state index in [-0.39, 0.29) is 48.4 Å². The van der Waals surface area contributed by atoms with Gasteiger partial charge in [0.15, 0.2) is 0 Å². The van der Waals surface area contributed by atoms with Gasteiger partial charge in [0.1, 0.15) is 5.75 Å². The molecule has 2 aliphatic rings. The minimum absolute atomic E-state index is 0.0579. The van der Waals surface area contributed by atoms with Crippen molar-refractivity contribution in [3.8, 4) is 5.75 Å². The van der Waals surface area contributed by atoms with E-state index in [1.54, 1.807) is 0 Å². The number of hydrogen-bond acceptors (Lipinski definition) is 7. The lowest BCUT2D eigenvalue weighted by Crippen LogP contribution is -2.42. The van der Waals surface area contributed by atoms with Gasteiger partial charge in [-0.1, -0.05) is 29.8 Å². The molecule has 2 aromatic rings. The zero-order valence-corrected chi connectivity index (χ0v) is 22.7. The van der Waals surface area contributed by atoms with Crippen molar-refractivity contribution in [2.45, 2.75) is 30.4 Å². The molecule has 10 nitrogen and oxygen atoms in total. The third-order valence-corrected chi connectivity index (χ3v) is 10.5. The van der Waals surface area contributed by atoms with Crippen molar-refractivity contribution in [3.05, 3.63) is 53.6 Å². The van der Waals surface area contributed by atoms with Crippen LogP contribution in [0, 0.1) is 12.8 Å². The molecule has 2 aromatic carbocycles. The van der Waals surface area contributed by atoms with Crippen LogP contribution in [0.5, 0.6) is 5.75 Å². The minimum Gasteiger partial charge on any atom is -0.495 e. The van der Waals surface area contributed by atoms with Gasteiger partial charge < -0.3 is 14.8 Å². The number of nitrogens with zero attached hydrogens (tertiary/aromatic N) is 2. The molecule has 0 atom stereocenters. The molecule has 2 fully saturated rings.